The summed E-state index contributed by atoms with van der Waals surface area (Å²) in [6, 6.07) is -0.363. The minimum atomic E-state index is -0.363. The van der Waals surface area contributed by atoms with E-state index >= 15 is 0 Å². The number of aryl methyl sites for hydroxylation is 1. The molecular weight excluding hydrogens is 294 g/mol. The molecule has 0 unspecified atom stereocenters. The standard InChI is InChI=1S/C12H21N5OS2/c1-9-14-12(20-15-9)17-6-4-16(5-7-17)11(18)10(13)3-8-19-2/h10H,3-8,13H2,1-2H3/t10-/m0/s1. The molecule has 1 aromatic heterocycles. The predicted molar refractivity (Wildman–Crippen MR) is 84.4 cm³/mol. The second-order valence-corrected chi connectivity index (χ2v) is 6.54. The summed E-state index contributed by atoms with van der Waals surface area (Å²) < 4.78 is 4.19. The Labute approximate surface area is 127 Å². The third-order valence-corrected chi connectivity index (χ3v) is 4.84. The lowest BCUT2D eigenvalue weighted by molar-refractivity contribution is -0.132. The van der Waals surface area contributed by atoms with E-state index in [0.29, 0.717) is 13.1 Å². The Balaban J connectivity index is 1.83. The van der Waals surface area contributed by atoms with Gasteiger partial charge in [-0.2, -0.15) is 16.1 Å². The second kappa shape index (κ2) is 7.24. The van der Waals surface area contributed by atoms with Crippen LogP contribution in [0.15, 0.2) is 0 Å². The highest BCUT2D eigenvalue weighted by Gasteiger charge is 2.26. The summed E-state index contributed by atoms with van der Waals surface area (Å²) in [7, 11) is 0. The fourth-order valence-electron chi connectivity index (χ4n) is 2.14. The van der Waals surface area contributed by atoms with E-state index in [0.717, 1.165) is 36.2 Å². The lowest BCUT2D eigenvalue weighted by Gasteiger charge is -2.35. The molecule has 1 fully saturated rings. The van der Waals surface area contributed by atoms with Gasteiger partial charge in [-0.05, 0) is 25.4 Å². The molecule has 8 heteroatoms. The van der Waals surface area contributed by atoms with Crippen molar-refractivity contribution in [2.75, 3.05) is 43.1 Å². The maximum absolute atomic E-state index is 12.2. The van der Waals surface area contributed by atoms with Crippen LogP contribution in [0.1, 0.15) is 12.2 Å². The highest BCUT2D eigenvalue weighted by atomic mass is 32.2. The molecule has 0 radical (unpaired) electrons. The van der Waals surface area contributed by atoms with Crippen molar-refractivity contribution >= 4 is 34.3 Å². The first-order valence-electron chi connectivity index (χ1n) is 6.70. The van der Waals surface area contributed by atoms with Crippen LogP contribution in [-0.4, -0.2) is 64.4 Å². The highest BCUT2D eigenvalue weighted by Crippen LogP contribution is 2.19. The molecular formula is C12H21N5OS2. The molecule has 20 heavy (non-hydrogen) atoms. The number of hydrogen-bond acceptors (Lipinski definition) is 7. The van der Waals surface area contributed by atoms with Crippen molar-refractivity contribution in [1.29, 1.82) is 0 Å². The van der Waals surface area contributed by atoms with Crippen molar-refractivity contribution in [2.45, 2.75) is 19.4 Å². The first-order valence-corrected chi connectivity index (χ1v) is 8.87. The van der Waals surface area contributed by atoms with Gasteiger partial charge < -0.3 is 15.5 Å². The number of carbonyl (C=O) groups excluding carboxylic acids is 1. The molecule has 0 bridgehead atoms. The third kappa shape index (κ3) is 3.83. The van der Waals surface area contributed by atoms with Gasteiger partial charge >= 0.3 is 0 Å². The lowest BCUT2D eigenvalue weighted by Crippen LogP contribution is -2.53. The van der Waals surface area contributed by atoms with Gasteiger partial charge in [0.25, 0.3) is 0 Å². The lowest BCUT2D eigenvalue weighted by atomic mass is 10.2. The monoisotopic (exact) mass is 315 g/mol. The van der Waals surface area contributed by atoms with E-state index in [9.17, 15) is 4.79 Å². The van der Waals surface area contributed by atoms with Gasteiger partial charge in [-0.3, -0.25) is 4.79 Å². The van der Waals surface area contributed by atoms with Crippen LogP contribution in [0.3, 0.4) is 0 Å². The molecule has 1 amide bonds. The zero-order valence-corrected chi connectivity index (χ0v) is 13.5. The molecule has 0 spiro atoms. The van der Waals surface area contributed by atoms with Crippen LogP contribution in [0.25, 0.3) is 0 Å². The van der Waals surface area contributed by atoms with Gasteiger partial charge in [-0.15, -0.1) is 0 Å². The third-order valence-electron chi connectivity index (χ3n) is 3.33. The number of piperazine rings is 1. The number of rotatable bonds is 5. The zero-order valence-electron chi connectivity index (χ0n) is 11.9. The molecule has 0 aliphatic carbocycles. The zero-order chi connectivity index (χ0) is 14.5. The molecule has 1 aromatic rings. The summed E-state index contributed by atoms with van der Waals surface area (Å²) >= 11 is 3.14. The Kier molecular flexibility index (Phi) is 5.62. The molecule has 1 atom stereocenters. The van der Waals surface area contributed by atoms with Crippen LogP contribution >= 0.6 is 23.3 Å². The average molecular weight is 315 g/mol. The SMILES string of the molecule is CSCC[C@H](N)C(=O)N1CCN(c2nc(C)ns2)CC1. The van der Waals surface area contributed by atoms with Gasteiger partial charge in [0.2, 0.25) is 11.0 Å². The summed E-state index contributed by atoms with van der Waals surface area (Å²) in [6.07, 6.45) is 2.77. The Bertz CT molecular complexity index is 445. The number of amides is 1. The van der Waals surface area contributed by atoms with E-state index in [1.165, 1.54) is 11.5 Å². The number of thioether (sulfide) groups is 1. The second-order valence-electron chi connectivity index (χ2n) is 4.82. The predicted octanol–water partition coefficient (Wildman–Crippen LogP) is 0.576. The van der Waals surface area contributed by atoms with Crippen molar-refractivity contribution in [3.63, 3.8) is 0 Å². The van der Waals surface area contributed by atoms with Crippen molar-refractivity contribution in [2.24, 2.45) is 5.73 Å². The van der Waals surface area contributed by atoms with Crippen LogP contribution < -0.4 is 10.6 Å². The molecule has 1 saturated heterocycles. The summed E-state index contributed by atoms with van der Waals surface area (Å²) in [6.45, 7) is 4.92. The fourth-order valence-corrected chi connectivity index (χ4v) is 3.35. The Hall–Kier alpha value is -0.860. The van der Waals surface area contributed by atoms with Crippen LogP contribution in [0.2, 0.25) is 0 Å². The summed E-state index contributed by atoms with van der Waals surface area (Å²) in [5.41, 5.74) is 5.94. The molecule has 2 N–H and O–H groups in total. The number of anilines is 1. The van der Waals surface area contributed by atoms with Crippen LogP contribution in [-0.2, 0) is 4.79 Å². The molecule has 6 nitrogen and oxygen atoms in total. The fraction of sp³-hybridized carbons (Fsp3) is 0.750. The summed E-state index contributed by atoms with van der Waals surface area (Å²) in [5, 5.41) is 0.946. The molecule has 2 heterocycles. The van der Waals surface area contributed by atoms with Crippen molar-refractivity contribution < 1.29 is 4.79 Å². The minimum absolute atomic E-state index is 0.0761. The molecule has 1 aliphatic rings. The first-order chi connectivity index (χ1) is 9.61. The first kappa shape index (κ1) is 15.5. The Morgan fingerprint density at radius 2 is 2.15 bits per heavy atom. The van der Waals surface area contributed by atoms with Gasteiger partial charge in [0.1, 0.15) is 5.82 Å². The number of nitrogens with two attached hydrogens (primary N) is 1. The highest BCUT2D eigenvalue weighted by molar-refractivity contribution is 7.98. The molecule has 112 valence electrons. The van der Waals surface area contributed by atoms with E-state index in [1.807, 2.05) is 18.1 Å². The van der Waals surface area contributed by atoms with Gasteiger partial charge in [-0.25, -0.2) is 4.98 Å². The van der Waals surface area contributed by atoms with E-state index in [2.05, 4.69) is 14.3 Å². The van der Waals surface area contributed by atoms with Gasteiger partial charge in [0.05, 0.1) is 6.04 Å². The average Bonchev–Trinajstić information content (AvgIpc) is 2.90. The van der Waals surface area contributed by atoms with Crippen LogP contribution in [0, 0.1) is 6.92 Å². The van der Waals surface area contributed by atoms with Crippen LogP contribution in [0.4, 0.5) is 5.13 Å². The van der Waals surface area contributed by atoms with Gasteiger partial charge in [-0.1, -0.05) is 0 Å². The number of nitrogens with zero attached hydrogens (tertiary/aromatic N) is 4. The summed E-state index contributed by atoms with van der Waals surface area (Å²) in [5.74, 6) is 1.81. The smallest absolute Gasteiger partial charge is 0.239 e. The van der Waals surface area contributed by atoms with Gasteiger partial charge in [0.15, 0.2) is 0 Å². The quantitative estimate of drug-likeness (QED) is 0.856. The summed E-state index contributed by atoms with van der Waals surface area (Å²) in [4.78, 5) is 20.6. The topological polar surface area (TPSA) is 75.4 Å². The van der Waals surface area contributed by atoms with E-state index in [1.54, 1.807) is 11.8 Å². The maximum atomic E-state index is 12.2. The normalized spacial score (nSPS) is 17.4. The van der Waals surface area contributed by atoms with E-state index < -0.39 is 0 Å². The molecule has 0 aromatic carbocycles. The van der Waals surface area contributed by atoms with Crippen molar-refractivity contribution in [3.8, 4) is 0 Å². The number of aromatic nitrogens is 2. The van der Waals surface area contributed by atoms with E-state index in [-0.39, 0.29) is 11.9 Å². The Morgan fingerprint density at radius 1 is 1.45 bits per heavy atom. The maximum Gasteiger partial charge on any atom is 0.239 e. The van der Waals surface area contributed by atoms with E-state index in [4.69, 9.17) is 5.73 Å². The molecule has 2 rings (SSSR count). The van der Waals surface area contributed by atoms with Crippen molar-refractivity contribution in [1.82, 2.24) is 14.3 Å². The molecule has 1 aliphatic heterocycles. The van der Waals surface area contributed by atoms with Crippen LogP contribution in [0.5, 0.6) is 0 Å². The largest absolute Gasteiger partial charge is 0.343 e. The number of hydrogen-bond donors (Lipinski definition) is 1. The minimum Gasteiger partial charge on any atom is -0.343 e. The number of carbonyl (C=O) groups is 1. The molecule has 0 saturated carbocycles. The Morgan fingerprint density at radius 3 is 2.70 bits per heavy atom. The van der Waals surface area contributed by atoms with Crippen molar-refractivity contribution in [3.05, 3.63) is 5.82 Å². The van der Waals surface area contributed by atoms with Gasteiger partial charge in [0, 0.05) is 37.7 Å².